The van der Waals surface area contributed by atoms with Gasteiger partial charge < -0.3 is 10.3 Å². The number of halogens is 4. The molecule has 0 fully saturated rings. The summed E-state index contributed by atoms with van der Waals surface area (Å²) in [6.07, 6.45) is 6.61. The van der Waals surface area contributed by atoms with Crippen LogP contribution in [0.1, 0.15) is 38.6 Å². The zero-order valence-electron chi connectivity index (χ0n) is 20.5. The van der Waals surface area contributed by atoms with E-state index in [9.17, 15) is 19.1 Å². The van der Waals surface area contributed by atoms with Crippen molar-refractivity contribution in [3.05, 3.63) is 83.2 Å². The van der Waals surface area contributed by atoms with E-state index in [1.165, 1.54) is 70.8 Å². The minimum atomic E-state index is -2.85. The highest BCUT2D eigenvalue weighted by Gasteiger charge is 2.31. The van der Waals surface area contributed by atoms with Gasteiger partial charge in [-0.1, -0.05) is 11.6 Å². The van der Waals surface area contributed by atoms with Crippen molar-refractivity contribution in [1.82, 2.24) is 39.8 Å². The standard InChI is InChI=1S/C24H21ClF3N9O2/c1-24(2,38)9-20(34-11-15(10-31-34)17-7-8-30-37(17)23(27)28)18-5-3-14(12-36(18)39)21-19(35-13-29-32-33-35)6-4-16(25)22(21)26/h3-8,10-13,20,23,38H,9H2,1-2H3/t20-/m0/s1. The molecule has 0 spiro atoms. The highest BCUT2D eigenvalue weighted by Crippen LogP contribution is 2.34. The Labute approximate surface area is 224 Å². The van der Waals surface area contributed by atoms with Gasteiger partial charge in [-0.15, -0.1) is 5.10 Å². The lowest BCUT2D eigenvalue weighted by Gasteiger charge is -2.24. The average molecular weight is 560 g/mol. The fourth-order valence-corrected chi connectivity index (χ4v) is 4.48. The Balaban J connectivity index is 1.58. The number of hydrogen-bond donors (Lipinski definition) is 1. The van der Waals surface area contributed by atoms with Crippen molar-refractivity contribution in [2.75, 3.05) is 0 Å². The number of nitrogens with zero attached hydrogens (tertiary/aromatic N) is 9. The molecule has 0 aliphatic rings. The third-order valence-corrected chi connectivity index (χ3v) is 6.30. The van der Waals surface area contributed by atoms with Crippen molar-refractivity contribution in [1.29, 1.82) is 0 Å². The average Bonchev–Trinajstić information content (AvgIpc) is 3.65. The molecule has 0 radical (unpaired) electrons. The van der Waals surface area contributed by atoms with E-state index >= 15 is 4.39 Å². The molecule has 4 heterocycles. The Kier molecular flexibility index (Phi) is 6.82. The van der Waals surface area contributed by atoms with Gasteiger partial charge in [0.15, 0.2) is 12.0 Å². The van der Waals surface area contributed by atoms with Gasteiger partial charge in [-0.3, -0.25) is 4.68 Å². The van der Waals surface area contributed by atoms with Gasteiger partial charge in [0.05, 0.1) is 39.3 Å². The van der Waals surface area contributed by atoms with Gasteiger partial charge in [0.25, 0.3) is 0 Å². The molecule has 0 amide bonds. The van der Waals surface area contributed by atoms with Crippen LogP contribution in [0.5, 0.6) is 0 Å². The normalized spacial score (nSPS) is 12.8. The van der Waals surface area contributed by atoms with Crippen molar-refractivity contribution in [3.8, 4) is 28.1 Å². The molecule has 0 aliphatic heterocycles. The van der Waals surface area contributed by atoms with E-state index in [-0.39, 0.29) is 39.6 Å². The number of tetrazole rings is 1. The smallest absolute Gasteiger partial charge is 0.333 e. The van der Waals surface area contributed by atoms with Crippen LogP contribution < -0.4 is 4.73 Å². The third-order valence-electron chi connectivity index (χ3n) is 6.01. The van der Waals surface area contributed by atoms with Crippen LogP contribution in [0.15, 0.2) is 61.4 Å². The molecule has 11 nitrogen and oxygen atoms in total. The van der Waals surface area contributed by atoms with Crippen molar-refractivity contribution in [2.45, 2.75) is 38.5 Å². The van der Waals surface area contributed by atoms with E-state index in [0.717, 1.165) is 0 Å². The van der Waals surface area contributed by atoms with E-state index in [1.807, 2.05) is 0 Å². The first-order chi connectivity index (χ1) is 18.5. The number of hydrogen-bond acceptors (Lipinski definition) is 7. The van der Waals surface area contributed by atoms with Crippen LogP contribution in [0.2, 0.25) is 5.02 Å². The van der Waals surface area contributed by atoms with Crippen molar-refractivity contribution >= 4 is 11.6 Å². The number of aliphatic hydroxyl groups is 1. The van der Waals surface area contributed by atoms with E-state index in [2.05, 4.69) is 25.7 Å². The first kappa shape index (κ1) is 26.3. The van der Waals surface area contributed by atoms with E-state index < -0.39 is 24.0 Å². The maximum atomic E-state index is 15.2. The second-order valence-electron chi connectivity index (χ2n) is 9.36. The first-order valence-corrected chi connectivity index (χ1v) is 11.9. The number of pyridine rings is 1. The number of rotatable bonds is 8. The van der Waals surface area contributed by atoms with Crippen LogP contribution in [0.25, 0.3) is 28.1 Å². The molecule has 0 unspecified atom stereocenters. The summed E-state index contributed by atoms with van der Waals surface area (Å²) in [6.45, 7) is 0.283. The Morgan fingerprint density at radius 2 is 1.92 bits per heavy atom. The lowest BCUT2D eigenvalue weighted by Crippen LogP contribution is -2.38. The second-order valence-corrected chi connectivity index (χ2v) is 9.77. The van der Waals surface area contributed by atoms with Gasteiger partial charge in [-0.2, -0.15) is 28.4 Å². The zero-order chi connectivity index (χ0) is 27.9. The summed E-state index contributed by atoms with van der Waals surface area (Å²) in [7, 11) is 0. The molecule has 0 bridgehead atoms. The van der Waals surface area contributed by atoms with Gasteiger partial charge in [-0.05, 0) is 48.5 Å². The Morgan fingerprint density at radius 3 is 2.59 bits per heavy atom. The van der Waals surface area contributed by atoms with Crippen molar-refractivity contribution in [2.24, 2.45) is 0 Å². The molecule has 15 heteroatoms. The van der Waals surface area contributed by atoms with Gasteiger partial charge >= 0.3 is 6.55 Å². The Bertz CT molecular complexity index is 1610. The molecule has 0 saturated heterocycles. The SMILES string of the molecule is CC(C)(O)C[C@@H](c1ccc(-c2c(-n3cnnn3)ccc(Cl)c2F)c[n+]1[O-])n1cc(-c2ccnn2C(F)F)cn1. The third kappa shape index (κ3) is 5.20. The molecule has 5 rings (SSSR count). The minimum Gasteiger partial charge on any atom is -0.618 e. The molecular formula is C24H21ClF3N9O2. The van der Waals surface area contributed by atoms with Gasteiger partial charge in [0.2, 0.25) is 5.69 Å². The van der Waals surface area contributed by atoms with E-state index in [1.54, 1.807) is 13.8 Å². The van der Waals surface area contributed by atoms with E-state index in [0.29, 0.717) is 15.0 Å². The van der Waals surface area contributed by atoms with Gasteiger partial charge in [0.1, 0.15) is 12.4 Å². The van der Waals surface area contributed by atoms with Crippen LogP contribution >= 0.6 is 11.6 Å². The van der Waals surface area contributed by atoms with Gasteiger partial charge in [-0.25, -0.2) is 9.07 Å². The van der Waals surface area contributed by atoms with Crippen molar-refractivity contribution in [3.63, 3.8) is 0 Å². The Morgan fingerprint density at radius 1 is 1.13 bits per heavy atom. The molecule has 1 N–H and O–H groups in total. The largest absolute Gasteiger partial charge is 0.618 e. The lowest BCUT2D eigenvalue weighted by atomic mass is 9.96. The molecule has 202 valence electrons. The molecule has 39 heavy (non-hydrogen) atoms. The molecule has 5 aromatic rings. The van der Waals surface area contributed by atoms with Crippen LogP contribution in [0.4, 0.5) is 13.2 Å². The second kappa shape index (κ2) is 10.1. The fourth-order valence-electron chi connectivity index (χ4n) is 4.32. The lowest BCUT2D eigenvalue weighted by molar-refractivity contribution is -0.615. The summed E-state index contributed by atoms with van der Waals surface area (Å²) in [5.74, 6) is -0.766. The molecule has 4 aromatic heterocycles. The minimum absolute atomic E-state index is 0.00613. The topological polar surface area (TPSA) is 126 Å². The zero-order valence-corrected chi connectivity index (χ0v) is 21.3. The van der Waals surface area contributed by atoms with Crippen molar-refractivity contribution < 1.29 is 23.0 Å². The molecular weight excluding hydrogens is 539 g/mol. The summed E-state index contributed by atoms with van der Waals surface area (Å²) >= 11 is 6.03. The quantitative estimate of drug-likeness (QED) is 0.225. The molecule has 0 aliphatic carbocycles. The number of aromatic nitrogens is 9. The maximum Gasteiger partial charge on any atom is 0.333 e. The van der Waals surface area contributed by atoms with Crippen LogP contribution in [0.3, 0.4) is 0 Å². The van der Waals surface area contributed by atoms with E-state index in [4.69, 9.17) is 11.6 Å². The molecule has 1 atom stereocenters. The van der Waals surface area contributed by atoms with Crippen LogP contribution in [-0.4, -0.2) is 50.5 Å². The summed E-state index contributed by atoms with van der Waals surface area (Å²) in [6, 6.07) is 6.49. The Hall–Kier alpha value is -4.30. The van der Waals surface area contributed by atoms with Gasteiger partial charge in [0, 0.05) is 30.4 Å². The molecule has 1 aromatic carbocycles. The highest BCUT2D eigenvalue weighted by molar-refractivity contribution is 6.31. The summed E-state index contributed by atoms with van der Waals surface area (Å²) in [5.41, 5.74) is -0.126. The monoisotopic (exact) mass is 559 g/mol. The highest BCUT2D eigenvalue weighted by atomic mass is 35.5. The maximum absolute atomic E-state index is 15.2. The molecule has 0 saturated carbocycles. The fraction of sp³-hybridized carbons (Fsp3) is 0.250. The number of benzene rings is 1. The summed E-state index contributed by atoms with van der Waals surface area (Å²) < 4.78 is 45.7. The first-order valence-electron chi connectivity index (χ1n) is 11.6. The number of alkyl halides is 2. The predicted octanol–water partition coefficient (Wildman–Crippen LogP) is 3.96. The summed E-state index contributed by atoms with van der Waals surface area (Å²) in [5, 5.41) is 42.7. The predicted molar refractivity (Wildman–Crippen MR) is 132 cm³/mol. The van der Waals surface area contributed by atoms with Crippen LogP contribution in [0, 0.1) is 11.0 Å². The van der Waals surface area contributed by atoms with Crippen LogP contribution in [-0.2, 0) is 0 Å². The summed E-state index contributed by atoms with van der Waals surface area (Å²) in [4.78, 5) is 0.